The van der Waals surface area contributed by atoms with Gasteiger partial charge < -0.3 is 14.8 Å². The Morgan fingerprint density at radius 2 is 1.55 bits per heavy atom. The van der Waals surface area contributed by atoms with Crippen LogP contribution < -0.4 is 14.8 Å². The molecule has 0 bridgehead atoms. The Bertz CT molecular complexity index is 959. The van der Waals surface area contributed by atoms with E-state index in [1.54, 1.807) is 14.2 Å². The Hall–Kier alpha value is -2.49. The van der Waals surface area contributed by atoms with Crippen LogP contribution in [0.1, 0.15) is 75.6 Å². The van der Waals surface area contributed by atoms with Crippen molar-refractivity contribution in [2.24, 2.45) is 0 Å². The van der Waals surface area contributed by atoms with Gasteiger partial charge in [0.1, 0.15) is 0 Å². The molecule has 0 spiro atoms. The van der Waals surface area contributed by atoms with Crippen LogP contribution in [0.2, 0.25) is 0 Å². The molecule has 0 aromatic heterocycles. The van der Waals surface area contributed by atoms with Crippen LogP contribution in [0.4, 0.5) is 5.69 Å². The molecule has 0 saturated carbocycles. The van der Waals surface area contributed by atoms with Crippen molar-refractivity contribution in [1.29, 1.82) is 0 Å². The molecule has 4 heteroatoms. The second-order valence-electron chi connectivity index (χ2n) is 10.1. The zero-order valence-electron chi connectivity index (χ0n) is 20.1. The van der Waals surface area contributed by atoms with Gasteiger partial charge in [0.25, 0.3) is 0 Å². The van der Waals surface area contributed by atoms with Gasteiger partial charge in [-0.05, 0) is 83.9 Å². The maximum atomic E-state index is 12.7. The highest BCUT2D eigenvalue weighted by Gasteiger charge is 2.37. The van der Waals surface area contributed by atoms with Crippen molar-refractivity contribution in [1.82, 2.24) is 0 Å². The van der Waals surface area contributed by atoms with Gasteiger partial charge in [0, 0.05) is 12.1 Å². The van der Waals surface area contributed by atoms with Gasteiger partial charge in [-0.15, -0.1) is 0 Å². The number of carbonyl (C=O) groups excluding carboxylic acids is 1. The lowest BCUT2D eigenvalue weighted by molar-refractivity contribution is -0.116. The summed E-state index contributed by atoms with van der Waals surface area (Å²) in [4.78, 5) is 12.7. The predicted octanol–water partition coefficient (Wildman–Crippen LogP) is 6.32. The van der Waals surface area contributed by atoms with Crippen LogP contribution in [0, 0.1) is 6.92 Å². The van der Waals surface area contributed by atoms with Crippen molar-refractivity contribution in [2.75, 3.05) is 19.5 Å². The van der Waals surface area contributed by atoms with Crippen molar-refractivity contribution in [3.05, 3.63) is 52.6 Å². The topological polar surface area (TPSA) is 47.6 Å². The van der Waals surface area contributed by atoms with Gasteiger partial charge in [0.2, 0.25) is 5.91 Å². The summed E-state index contributed by atoms with van der Waals surface area (Å²) < 4.78 is 10.7. The number of carbonyl (C=O) groups is 1. The van der Waals surface area contributed by atoms with Crippen LogP contribution >= 0.6 is 0 Å². The first-order valence-corrected chi connectivity index (χ1v) is 11.2. The minimum atomic E-state index is 0.0661. The van der Waals surface area contributed by atoms with Gasteiger partial charge in [-0.1, -0.05) is 39.8 Å². The van der Waals surface area contributed by atoms with Crippen LogP contribution in [0.15, 0.2) is 30.3 Å². The Morgan fingerprint density at radius 1 is 0.935 bits per heavy atom. The third kappa shape index (κ3) is 5.06. The van der Waals surface area contributed by atoms with Crippen molar-refractivity contribution in [2.45, 2.75) is 77.6 Å². The minimum Gasteiger partial charge on any atom is -0.493 e. The monoisotopic (exact) mass is 423 g/mol. The van der Waals surface area contributed by atoms with Gasteiger partial charge in [-0.25, -0.2) is 0 Å². The molecular formula is C27H37NO3. The number of rotatable bonds is 7. The van der Waals surface area contributed by atoms with Crippen LogP contribution in [-0.4, -0.2) is 20.1 Å². The molecule has 0 unspecified atom stereocenters. The predicted molar refractivity (Wildman–Crippen MR) is 128 cm³/mol. The number of methoxy groups -OCH3 is 2. The van der Waals surface area contributed by atoms with E-state index in [9.17, 15) is 4.79 Å². The number of aryl methyl sites for hydroxylation is 2. The highest BCUT2D eigenvalue weighted by atomic mass is 16.5. The molecule has 2 aromatic rings. The number of nitrogens with one attached hydrogen (secondary N) is 1. The van der Waals surface area contributed by atoms with E-state index >= 15 is 0 Å². The van der Waals surface area contributed by atoms with E-state index in [1.165, 1.54) is 17.5 Å². The maximum absolute atomic E-state index is 12.7. The van der Waals surface area contributed by atoms with Crippen molar-refractivity contribution >= 4 is 11.6 Å². The number of benzene rings is 2. The molecule has 3 rings (SSSR count). The summed E-state index contributed by atoms with van der Waals surface area (Å²) in [5, 5.41) is 3.17. The summed E-state index contributed by atoms with van der Waals surface area (Å²) in [6.07, 6.45) is 4.44. The number of amides is 1. The average molecular weight is 424 g/mol. The van der Waals surface area contributed by atoms with Crippen molar-refractivity contribution in [3.63, 3.8) is 0 Å². The first-order valence-electron chi connectivity index (χ1n) is 11.2. The Kier molecular flexibility index (Phi) is 6.68. The lowest BCUT2D eigenvalue weighted by Crippen LogP contribution is -2.34. The summed E-state index contributed by atoms with van der Waals surface area (Å²) >= 11 is 0. The molecule has 0 aliphatic heterocycles. The standard InChI is InChI=1S/C27H37NO3/c1-18-15-20-21(27(4,5)14-13-26(20,2)3)17-22(18)28-25(29)10-8-9-19-11-12-23(30-6)24(16-19)31-7/h11-12,15-17H,8-10,13-14H2,1-7H3,(H,28,29). The minimum absolute atomic E-state index is 0.0661. The molecule has 4 nitrogen and oxygen atoms in total. The molecule has 1 aliphatic carbocycles. The number of hydrogen-bond acceptors (Lipinski definition) is 3. The first-order chi connectivity index (χ1) is 14.6. The summed E-state index contributed by atoms with van der Waals surface area (Å²) in [6.45, 7) is 11.4. The molecule has 168 valence electrons. The smallest absolute Gasteiger partial charge is 0.224 e. The van der Waals surface area contributed by atoms with Gasteiger partial charge in [0.15, 0.2) is 11.5 Å². The summed E-state index contributed by atoms with van der Waals surface area (Å²) in [5.74, 6) is 1.51. The quantitative estimate of drug-likeness (QED) is 0.567. The zero-order chi connectivity index (χ0) is 22.8. The van der Waals surface area contributed by atoms with E-state index in [0.717, 1.165) is 47.6 Å². The number of hydrogen-bond donors (Lipinski definition) is 1. The van der Waals surface area contributed by atoms with Gasteiger partial charge >= 0.3 is 0 Å². The SMILES string of the molecule is COc1ccc(CCCC(=O)Nc2cc3c(cc2C)C(C)(C)CCC3(C)C)cc1OC. The molecule has 0 atom stereocenters. The van der Waals surface area contributed by atoms with E-state index in [4.69, 9.17) is 9.47 Å². The molecule has 0 saturated heterocycles. The molecule has 0 heterocycles. The van der Waals surface area contributed by atoms with Crippen LogP contribution in [0.5, 0.6) is 11.5 Å². The Balaban J connectivity index is 1.66. The summed E-state index contributed by atoms with van der Waals surface area (Å²) in [7, 11) is 3.27. The van der Waals surface area contributed by atoms with Gasteiger partial charge in [-0.3, -0.25) is 4.79 Å². The lowest BCUT2D eigenvalue weighted by atomic mass is 9.63. The molecule has 1 amide bonds. The zero-order valence-corrected chi connectivity index (χ0v) is 20.1. The fourth-order valence-corrected chi connectivity index (χ4v) is 4.56. The van der Waals surface area contributed by atoms with E-state index < -0.39 is 0 Å². The average Bonchev–Trinajstić information content (AvgIpc) is 2.72. The third-order valence-electron chi connectivity index (χ3n) is 6.79. The normalized spacial score (nSPS) is 16.4. The molecule has 1 N–H and O–H groups in total. The van der Waals surface area contributed by atoms with Gasteiger partial charge in [0.05, 0.1) is 14.2 Å². The molecule has 0 fully saturated rings. The summed E-state index contributed by atoms with van der Waals surface area (Å²) in [6, 6.07) is 10.4. The van der Waals surface area contributed by atoms with Gasteiger partial charge in [-0.2, -0.15) is 0 Å². The fraction of sp³-hybridized carbons (Fsp3) is 0.519. The molecule has 2 aromatic carbocycles. The van der Waals surface area contributed by atoms with E-state index in [1.807, 2.05) is 18.2 Å². The second kappa shape index (κ2) is 8.94. The van der Waals surface area contributed by atoms with Crippen LogP contribution in [0.3, 0.4) is 0 Å². The largest absolute Gasteiger partial charge is 0.493 e. The maximum Gasteiger partial charge on any atom is 0.224 e. The first kappa shape index (κ1) is 23.2. The molecular weight excluding hydrogens is 386 g/mol. The van der Waals surface area contributed by atoms with Crippen LogP contribution in [0.25, 0.3) is 0 Å². The molecule has 31 heavy (non-hydrogen) atoms. The fourth-order valence-electron chi connectivity index (χ4n) is 4.56. The number of ether oxygens (including phenoxy) is 2. The van der Waals surface area contributed by atoms with E-state index in [2.05, 4.69) is 52.1 Å². The highest BCUT2D eigenvalue weighted by molar-refractivity contribution is 5.91. The third-order valence-corrected chi connectivity index (χ3v) is 6.79. The number of anilines is 1. The second-order valence-corrected chi connectivity index (χ2v) is 10.1. The molecule has 1 aliphatic rings. The van der Waals surface area contributed by atoms with E-state index in [-0.39, 0.29) is 16.7 Å². The summed E-state index contributed by atoms with van der Waals surface area (Å²) in [5.41, 5.74) is 6.32. The lowest BCUT2D eigenvalue weighted by Gasteiger charge is -2.42. The van der Waals surface area contributed by atoms with Crippen LogP contribution in [-0.2, 0) is 22.0 Å². The van der Waals surface area contributed by atoms with E-state index in [0.29, 0.717) is 6.42 Å². The van der Waals surface area contributed by atoms with Crippen molar-refractivity contribution in [3.8, 4) is 11.5 Å². The Morgan fingerprint density at radius 3 is 2.16 bits per heavy atom. The Labute approximate surface area is 187 Å². The molecule has 0 radical (unpaired) electrons. The highest BCUT2D eigenvalue weighted by Crippen LogP contribution is 2.47. The number of fused-ring (bicyclic) bond motifs is 1. The van der Waals surface area contributed by atoms with Crippen molar-refractivity contribution < 1.29 is 14.3 Å².